The number of methoxy groups -OCH3 is 2. The number of phenolic OH excluding ortho intramolecular Hbond substituents is 2. The molecule has 0 aliphatic carbocycles. The van der Waals surface area contributed by atoms with Crippen LogP contribution in [0.4, 0.5) is 0 Å². The number of benzene rings is 2. The van der Waals surface area contributed by atoms with E-state index in [1.807, 2.05) is 0 Å². The van der Waals surface area contributed by atoms with Crippen molar-refractivity contribution in [1.29, 1.82) is 0 Å². The van der Waals surface area contributed by atoms with E-state index in [0.717, 1.165) is 5.56 Å². The van der Waals surface area contributed by atoms with Gasteiger partial charge in [-0.05, 0) is 23.8 Å². The summed E-state index contributed by atoms with van der Waals surface area (Å²) in [5, 5.41) is 19.3. The lowest BCUT2D eigenvalue weighted by Crippen LogP contribution is -1.91. The molecule has 2 aromatic rings. The van der Waals surface area contributed by atoms with Gasteiger partial charge >= 0.3 is 0 Å². The fraction of sp³-hybridized carbons (Fsp3) is 0.143. The number of rotatable bonds is 3. The largest absolute Gasteiger partial charge is 0.504 e. The minimum absolute atomic E-state index is 0.148. The molecule has 0 bridgehead atoms. The zero-order valence-electron chi connectivity index (χ0n) is 10.2. The number of hydrogen-bond donors (Lipinski definition) is 2. The molecule has 2 N–H and O–H groups in total. The van der Waals surface area contributed by atoms with Crippen LogP contribution in [0.25, 0.3) is 11.1 Å². The minimum atomic E-state index is -0.151. The lowest BCUT2D eigenvalue weighted by Gasteiger charge is -2.11. The van der Waals surface area contributed by atoms with E-state index in [1.165, 1.54) is 6.07 Å². The molecule has 18 heavy (non-hydrogen) atoms. The summed E-state index contributed by atoms with van der Waals surface area (Å²) < 4.78 is 10.3. The van der Waals surface area contributed by atoms with Crippen molar-refractivity contribution < 1.29 is 19.7 Å². The van der Waals surface area contributed by atoms with Gasteiger partial charge in [-0.3, -0.25) is 0 Å². The summed E-state index contributed by atoms with van der Waals surface area (Å²) in [7, 11) is 3.10. The summed E-state index contributed by atoms with van der Waals surface area (Å²) in [6.07, 6.45) is 0. The zero-order chi connectivity index (χ0) is 13.1. The Morgan fingerprint density at radius 1 is 0.889 bits per heavy atom. The highest BCUT2D eigenvalue weighted by Gasteiger charge is 2.11. The Morgan fingerprint density at radius 3 is 2.28 bits per heavy atom. The van der Waals surface area contributed by atoms with E-state index in [9.17, 15) is 10.2 Å². The Morgan fingerprint density at radius 2 is 1.61 bits per heavy atom. The Kier molecular flexibility index (Phi) is 3.28. The van der Waals surface area contributed by atoms with E-state index in [2.05, 4.69) is 0 Å². The average Bonchev–Trinajstić information content (AvgIpc) is 2.41. The molecule has 4 heteroatoms. The average molecular weight is 246 g/mol. The topological polar surface area (TPSA) is 58.9 Å². The summed E-state index contributed by atoms with van der Waals surface area (Å²) in [5.74, 6) is 0.880. The first-order chi connectivity index (χ1) is 8.67. The zero-order valence-corrected chi connectivity index (χ0v) is 10.2. The van der Waals surface area contributed by atoms with Crippen molar-refractivity contribution in [2.45, 2.75) is 0 Å². The SMILES string of the molecule is COc1ccc(-c2cccc(O)c2O)cc1OC. The smallest absolute Gasteiger partial charge is 0.165 e. The Balaban J connectivity index is 2.54. The first-order valence-corrected chi connectivity index (χ1v) is 5.40. The predicted molar refractivity (Wildman–Crippen MR) is 68.3 cm³/mol. The molecule has 0 aliphatic heterocycles. The molecule has 0 radical (unpaired) electrons. The number of ether oxygens (including phenoxy) is 2. The summed E-state index contributed by atoms with van der Waals surface area (Å²) in [6, 6.07) is 10.1. The van der Waals surface area contributed by atoms with Gasteiger partial charge in [0.15, 0.2) is 23.0 Å². The van der Waals surface area contributed by atoms with Crippen LogP contribution < -0.4 is 9.47 Å². The number of aromatic hydroxyl groups is 2. The second kappa shape index (κ2) is 4.87. The molecule has 0 amide bonds. The van der Waals surface area contributed by atoms with Crippen LogP contribution in [0.5, 0.6) is 23.0 Å². The van der Waals surface area contributed by atoms with Gasteiger partial charge in [-0.1, -0.05) is 18.2 Å². The highest BCUT2D eigenvalue weighted by Crippen LogP contribution is 2.39. The van der Waals surface area contributed by atoms with E-state index < -0.39 is 0 Å². The van der Waals surface area contributed by atoms with Gasteiger partial charge in [-0.25, -0.2) is 0 Å². The molecule has 94 valence electrons. The van der Waals surface area contributed by atoms with Crippen molar-refractivity contribution in [3.05, 3.63) is 36.4 Å². The molecule has 2 rings (SSSR count). The first-order valence-electron chi connectivity index (χ1n) is 5.40. The number of phenols is 2. The summed E-state index contributed by atoms with van der Waals surface area (Å²) in [6.45, 7) is 0. The molecular weight excluding hydrogens is 232 g/mol. The van der Waals surface area contributed by atoms with Crippen molar-refractivity contribution in [1.82, 2.24) is 0 Å². The van der Waals surface area contributed by atoms with E-state index >= 15 is 0 Å². The van der Waals surface area contributed by atoms with Gasteiger partial charge in [0, 0.05) is 5.56 Å². The molecule has 2 aromatic carbocycles. The monoisotopic (exact) mass is 246 g/mol. The fourth-order valence-electron chi connectivity index (χ4n) is 1.77. The normalized spacial score (nSPS) is 10.1. The van der Waals surface area contributed by atoms with Crippen molar-refractivity contribution in [2.24, 2.45) is 0 Å². The molecule has 0 saturated heterocycles. The molecule has 0 aromatic heterocycles. The van der Waals surface area contributed by atoms with Gasteiger partial charge in [0.2, 0.25) is 0 Å². The lowest BCUT2D eigenvalue weighted by molar-refractivity contribution is 0.355. The van der Waals surface area contributed by atoms with Crippen molar-refractivity contribution in [2.75, 3.05) is 14.2 Å². The molecule has 0 atom stereocenters. The molecular formula is C14H14O4. The van der Waals surface area contributed by atoms with Crippen LogP contribution >= 0.6 is 0 Å². The number of para-hydroxylation sites is 1. The van der Waals surface area contributed by atoms with Crippen molar-refractivity contribution in [3.63, 3.8) is 0 Å². The second-order valence-electron chi connectivity index (χ2n) is 3.74. The Hall–Kier alpha value is -2.36. The molecule has 0 fully saturated rings. The summed E-state index contributed by atoms with van der Waals surface area (Å²) in [5.41, 5.74) is 1.28. The van der Waals surface area contributed by atoms with Crippen LogP contribution in [0, 0.1) is 0 Å². The van der Waals surface area contributed by atoms with Crippen LogP contribution in [0.3, 0.4) is 0 Å². The van der Waals surface area contributed by atoms with Gasteiger partial charge in [0.1, 0.15) is 0 Å². The summed E-state index contributed by atoms with van der Waals surface area (Å²) >= 11 is 0. The Bertz CT molecular complexity index is 564. The van der Waals surface area contributed by atoms with Crippen LogP contribution in [-0.4, -0.2) is 24.4 Å². The Labute approximate surface area is 105 Å². The fourth-order valence-corrected chi connectivity index (χ4v) is 1.77. The highest BCUT2D eigenvalue weighted by atomic mass is 16.5. The molecule has 0 saturated carbocycles. The molecule has 0 unspecified atom stereocenters. The van der Waals surface area contributed by atoms with Crippen molar-refractivity contribution >= 4 is 0 Å². The van der Waals surface area contributed by atoms with Crippen LogP contribution in [0.1, 0.15) is 0 Å². The highest BCUT2D eigenvalue weighted by molar-refractivity contribution is 5.75. The van der Waals surface area contributed by atoms with Crippen LogP contribution in [0.15, 0.2) is 36.4 Å². The molecule has 0 heterocycles. The van der Waals surface area contributed by atoms with E-state index in [4.69, 9.17) is 9.47 Å². The standard InChI is InChI=1S/C14H14O4/c1-17-12-7-6-9(8-13(12)18-2)10-4-3-5-11(15)14(10)16/h3-8,15-16H,1-2H3. The number of hydrogen-bond acceptors (Lipinski definition) is 4. The van der Waals surface area contributed by atoms with E-state index in [1.54, 1.807) is 44.6 Å². The maximum Gasteiger partial charge on any atom is 0.165 e. The predicted octanol–water partition coefficient (Wildman–Crippen LogP) is 2.78. The maximum absolute atomic E-state index is 9.82. The minimum Gasteiger partial charge on any atom is -0.504 e. The summed E-state index contributed by atoms with van der Waals surface area (Å²) in [4.78, 5) is 0. The van der Waals surface area contributed by atoms with Gasteiger partial charge in [-0.2, -0.15) is 0 Å². The van der Waals surface area contributed by atoms with Gasteiger partial charge in [-0.15, -0.1) is 0 Å². The molecule has 0 aliphatic rings. The maximum atomic E-state index is 9.82. The van der Waals surface area contributed by atoms with Crippen LogP contribution in [0.2, 0.25) is 0 Å². The third-order valence-electron chi connectivity index (χ3n) is 2.71. The quantitative estimate of drug-likeness (QED) is 0.817. The molecule has 0 spiro atoms. The van der Waals surface area contributed by atoms with E-state index in [-0.39, 0.29) is 11.5 Å². The lowest BCUT2D eigenvalue weighted by atomic mass is 10.0. The van der Waals surface area contributed by atoms with Crippen LogP contribution in [-0.2, 0) is 0 Å². The third kappa shape index (κ3) is 2.05. The van der Waals surface area contributed by atoms with Gasteiger partial charge in [0.25, 0.3) is 0 Å². The first kappa shape index (κ1) is 12.1. The van der Waals surface area contributed by atoms with Gasteiger partial charge in [0.05, 0.1) is 14.2 Å². The van der Waals surface area contributed by atoms with Crippen molar-refractivity contribution in [3.8, 4) is 34.1 Å². The van der Waals surface area contributed by atoms with Gasteiger partial charge < -0.3 is 19.7 Å². The van der Waals surface area contributed by atoms with E-state index in [0.29, 0.717) is 17.1 Å². The third-order valence-corrected chi connectivity index (χ3v) is 2.71. The molecule has 4 nitrogen and oxygen atoms in total. The second-order valence-corrected chi connectivity index (χ2v) is 3.74.